The van der Waals surface area contributed by atoms with E-state index in [1.165, 1.54) is 14.2 Å². The van der Waals surface area contributed by atoms with Crippen LogP contribution in [0.2, 0.25) is 0 Å². The van der Waals surface area contributed by atoms with Gasteiger partial charge in [0.2, 0.25) is 0 Å². The topological polar surface area (TPSA) is 78.9 Å². The van der Waals surface area contributed by atoms with Crippen LogP contribution in [0, 0.1) is 0 Å². The number of rotatable bonds is 12. The Morgan fingerprint density at radius 2 is 1.58 bits per heavy atom. The molecule has 0 saturated heterocycles. The van der Waals surface area contributed by atoms with Crippen LogP contribution in [0.3, 0.4) is 0 Å². The summed E-state index contributed by atoms with van der Waals surface area (Å²) in [7, 11) is -0.707. The van der Waals surface area contributed by atoms with E-state index in [0.717, 1.165) is 19.3 Å². The van der Waals surface area contributed by atoms with Crippen molar-refractivity contribution in [1.82, 2.24) is 0 Å². The van der Waals surface area contributed by atoms with Gasteiger partial charge in [-0.05, 0) is 25.0 Å². The van der Waals surface area contributed by atoms with E-state index in [9.17, 15) is 14.2 Å². The molecule has 1 rings (SSSR count). The van der Waals surface area contributed by atoms with Gasteiger partial charge in [0.1, 0.15) is 11.9 Å². The van der Waals surface area contributed by atoms with Gasteiger partial charge in [-0.25, -0.2) is 4.79 Å². The lowest BCUT2D eigenvalue weighted by molar-refractivity contribution is -0.117. The van der Waals surface area contributed by atoms with Gasteiger partial charge in [-0.1, -0.05) is 31.0 Å². The number of hydrogen-bond donors (Lipinski definition) is 0. The van der Waals surface area contributed by atoms with Gasteiger partial charge in [0, 0.05) is 20.6 Å². The molecule has 1 aromatic rings. The highest BCUT2D eigenvalue weighted by molar-refractivity contribution is 7.54. The van der Waals surface area contributed by atoms with Crippen molar-refractivity contribution in [3.8, 4) is 0 Å². The van der Waals surface area contributed by atoms with E-state index < -0.39 is 7.60 Å². The van der Waals surface area contributed by atoms with Crippen molar-refractivity contribution in [3.63, 3.8) is 0 Å². The molecule has 0 N–H and O–H groups in total. The zero-order valence-corrected chi connectivity index (χ0v) is 15.1. The SMILES string of the molecule is COP(=O)(CC(=O)CCCCCCOC(=O)c1ccccc1)OC. The fraction of sp³-hybridized carbons (Fsp3) is 0.529. The Labute approximate surface area is 143 Å². The first-order valence-electron chi connectivity index (χ1n) is 7.95. The third kappa shape index (κ3) is 7.86. The average Bonchev–Trinajstić information content (AvgIpc) is 2.61. The molecule has 24 heavy (non-hydrogen) atoms. The number of unbranched alkanes of at least 4 members (excludes halogenated alkanes) is 3. The van der Waals surface area contributed by atoms with Crippen LogP contribution in [0.4, 0.5) is 0 Å². The normalized spacial score (nSPS) is 11.2. The number of carbonyl (C=O) groups excluding carboxylic acids is 2. The van der Waals surface area contributed by atoms with Crippen molar-refractivity contribution in [2.24, 2.45) is 0 Å². The van der Waals surface area contributed by atoms with E-state index in [4.69, 9.17) is 13.8 Å². The van der Waals surface area contributed by atoms with Gasteiger partial charge < -0.3 is 13.8 Å². The molecule has 134 valence electrons. The van der Waals surface area contributed by atoms with Gasteiger partial charge in [-0.15, -0.1) is 0 Å². The first-order chi connectivity index (χ1) is 11.5. The number of carbonyl (C=O) groups is 2. The minimum atomic E-state index is -3.25. The minimum Gasteiger partial charge on any atom is -0.462 e. The van der Waals surface area contributed by atoms with E-state index in [2.05, 4.69) is 0 Å². The summed E-state index contributed by atoms with van der Waals surface area (Å²) < 4.78 is 26.5. The van der Waals surface area contributed by atoms with Crippen molar-refractivity contribution in [2.45, 2.75) is 32.1 Å². The molecular weight excluding hydrogens is 331 g/mol. The van der Waals surface area contributed by atoms with E-state index in [1.807, 2.05) is 6.07 Å². The molecule has 0 spiro atoms. The van der Waals surface area contributed by atoms with Gasteiger partial charge >= 0.3 is 13.6 Å². The lowest BCUT2D eigenvalue weighted by Crippen LogP contribution is -2.08. The van der Waals surface area contributed by atoms with E-state index in [1.54, 1.807) is 24.3 Å². The molecule has 0 heterocycles. The maximum absolute atomic E-state index is 11.8. The van der Waals surface area contributed by atoms with Gasteiger partial charge in [0.05, 0.1) is 12.2 Å². The molecule has 0 atom stereocenters. The maximum atomic E-state index is 11.8. The molecule has 0 aliphatic rings. The third-order valence-corrected chi connectivity index (χ3v) is 5.37. The number of esters is 1. The van der Waals surface area contributed by atoms with Crippen LogP contribution in [-0.2, 0) is 23.1 Å². The van der Waals surface area contributed by atoms with Gasteiger partial charge in [-0.2, -0.15) is 0 Å². The third-order valence-electron chi connectivity index (χ3n) is 3.52. The fourth-order valence-corrected chi connectivity index (χ4v) is 3.10. The standard InChI is InChI=1S/C17H25O6P/c1-21-24(20,22-2)14-16(18)12-8-3-4-9-13-23-17(19)15-10-6-5-7-11-15/h5-7,10-11H,3-4,8-9,12-14H2,1-2H3. The Morgan fingerprint density at radius 3 is 2.21 bits per heavy atom. The summed E-state index contributed by atoms with van der Waals surface area (Å²) in [6, 6.07) is 8.86. The van der Waals surface area contributed by atoms with Crippen molar-refractivity contribution < 1.29 is 27.9 Å². The first-order valence-corrected chi connectivity index (χ1v) is 9.68. The minimum absolute atomic E-state index is 0.127. The molecule has 0 aromatic heterocycles. The maximum Gasteiger partial charge on any atom is 0.338 e. The molecule has 0 radical (unpaired) electrons. The molecular formula is C17H25O6P. The lowest BCUT2D eigenvalue weighted by Gasteiger charge is -2.12. The highest BCUT2D eigenvalue weighted by atomic mass is 31.2. The average molecular weight is 356 g/mol. The van der Waals surface area contributed by atoms with Crippen molar-refractivity contribution in [3.05, 3.63) is 35.9 Å². The molecule has 7 heteroatoms. The Bertz CT molecular complexity index is 549. The van der Waals surface area contributed by atoms with Crippen LogP contribution in [0.15, 0.2) is 30.3 Å². The van der Waals surface area contributed by atoms with Crippen LogP contribution < -0.4 is 0 Å². The smallest absolute Gasteiger partial charge is 0.338 e. The highest BCUT2D eigenvalue weighted by Gasteiger charge is 2.24. The van der Waals surface area contributed by atoms with Gasteiger partial charge in [-0.3, -0.25) is 9.36 Å². The molecule has 0 amide bonds. The molecule has 0 aliphatic carbocycles. The quantitative estimate of drug-likeness (QED) is 0.322. The number of benzene rings is 1. The summed E-state index contributed by atoms with van der Waals surface area (Å²) in [6.45, 7) is 0.365. The van der Waals surface area contributed by atoms with E-state index >= 15 is 0 Å². The summed E-state index contributed by atoms with van der Waals surface area (Å²) in [5.74, 6) is -0.446. The molecule has 0 unspecified atom stereocenters. The number of Topliss-reactive ketones (excluding diaryl/α,β-unsaturated/α-hetero) is 1. The lowest BCUT2D eigenvalue weighted by atomic mass is 10.1. The molecule has 6 nitrogen and oxygen atoms in total. The second-order valence-corrected chi connectivity index (χ2v) is 7.61. The van der Waals surface area contributed by atoms with Crippen LogP contribution in [0.5, 0.6) is 0 Å². The first kappa shape index (κ1) is 20.6. The summed E-state index contributed by atoms with van der Waals surface area (Å²) in [5.41, 5.74) is 0.545. The summed E-state index contributed by atoms with van der Waals surface area (Å²) in [6.07, 6.45) is 3.33. The second kappa shape index (κ2) is 11.1. The molecule has 0 saturated carbocycles. The highest BCUT2D eigenvalue weighted by Crippen LogP contribution is 2.46. The van der Waals surface area contributed by atoms with Gasteiger partial charge in [0.25, 0.3) is 0 Å². The molecule has 0 fully saturated rings. The van der Waals surface area contributed by atoms with E-state index in [0.29, 0.717) is 25.0 Å². The van der Waals surface area contributed by atoms with Crippen molar-refractivity contribution >= 4 is 19.3 Å². The predicted octanol–water partition coefficient (Wildman–Crippen LogP) is 3.85. The summed E-state index contributed by atoms with van der Waals surface area (Å²) >= 11 is 0. The van der Waals surface area contributed by atoms with Crippen LogP contribution >= 0.6 is 7.60 Å². The van der Waals surface area contributed by atoms with E-state index in [-0.39, 0.29) is 17.9 Å². The summed E-state index contributed by atoms with van der Waals surface area (Å²) in [4.78, 5) is 23.4. The zero-order valence-electron chi connectivity index (χ0n) is 14.2. The van der Waals surface area contributed by atoms with Crippen LogP contribution in [0.25, 0.3) is 0 Å². The monoisotopic (exact) mass is 356 g/mol. The number of hydrogen-bond acceptors (Lipinski definition) is 6. The van der Waals surface area contributed by atoms with Crippen LogP contribution in [0.1, 0.15) is 42.5 Å². The fourth-order valence-electron chi connectivity index (χ4n) is 2.10. The molecule has 1 aromatic carbocycles. The molecule has 0 aliphatic heterocycles. The number of ether oxygens (including phenoxy) is 1. The zero-order chi connectivity index (χ0) is 17.8. The Kier molecular flexibility index (Phi) is 9.53. The Hall–Kier alpha value is -1.49. The van der Waals surface area contributed by atoms with Gasteiger partial charge in [0.15, 0.2) is 0 Å². The Balaban J connectivity index is 2.07. The Morgan fingerprint density at radius 1 is 0.958 bits per heavy atom. The summed E-state index contributed by atoms with van der Waals surface area (Å²) in [5, 5.41) is 0. The van der Waals surface area contributed by atoms with Crippen molar-refractivity contribution in [1.29, 1.82) is 0 Å². The molecule has 0 bridgehead atoms. The second-order valence-electron chi connectivity index (χ2n) is 5.34. The van der Waals surface area contributed by atoms with Crippen molar-refractivity contribution in [2.75, 3.05) is 27.0 Å². The largest absolute Gasteiger partial charge is 0.462 e. The van der Waals surface area contributed by atoms with Crippen LogP contribution in [-0.4, -0.2) is 38.7 Å². The number of ketones is 1. The predicted molar refractivity (Wildman–Crippen MR) is 91.3 cm³/mol.